The summed E-state index contributed by atoms with van der Waals surface area (Å²) in [5.74, 6) is 0. The second kappa shape index (κ2) is 4.67. The minimum Gasteiger partial charge on any atom is -0.385 e. The summed E-state index contributed by atoms with van der Waals surface area (Å²) >= 11 is 6.11. The Labute approximate surface area is 90.4 Å². The lowest BCUT2D eigenvalue weighted by molar-refractivity contribution is 0.817. The van der Waals surface area contributed by atoms with E-state index < -0.39 is 0 Å². The lowest BCUT2D eigenvalue weighted by Crippen LogP contribution is -2.07. The first-order chi connectivity index (χ1) is 6.56. The van der Waals surface area contributed by atoms with Crippen LogP contribution in [0.5, 0.6) is 0 Å². The molecule has 0 unspecified atom stereocenters. The van der Waals surface area contributed by atoms with Crippen molar-refractivity contribution >= 4 is 17.3 Å². The minimum absolute atomic E-state index is 0.0168. The minimum atomic E-state index is -0.0168. The molecule has 0 heterocycles. The highest BCUT2D eigenvalue weighted by Crippen LogP contribution is 2.28. The number of halogens is 1. The van der Waals surface area contributed by atoms with E-state index in [1.807, 2.05) is 19.1 Å². The van der Waals surface area contributed by atoms with Crippen LogP contribution in [0.25, 0.3) is 0 Å². The van der Waals surface area contributed by atoms with E-state index in [0.717, 1.165) is 22.8 Å². The summed E-state index contributed by atoms with van der Waals surface area (Å²) in [6, 6.07) is 3.97. The first-order valence-electron chi connectivity index (χ1n) is 4.85. The second-order valence-corrected chi connectivity index (χ2v) is 3.91. The maximum Gasteiger partial charge on any atom is 0.0474 e. The topological polar surface area (TPSA) is 38.0 Å². The molecule has 0 bridgehead atoms. The highest BCUT2D eigenvalue weighted by molar-refractivity contribution is 6.31. The highest BCUT2D eigenvalue weighted by atomic mass is 35.5. The van der Waals surface area contributed by atoms with Crippen LogP contribution in [-0.2, 0) is 0 Å². The van der Waals surface area contributed by atoms with Gasteiger partial charge in [0.1, 0.15) is 0 Å². The number of aryl methyl sites for hydroxylation is 1. The smallest absolute Gasteiger partial charge is 0.0474 e. The molecule has 1 rings (SSSR count). The largest absolute Gasteiger partial charge is 0.385 e. The van der Waals surface area contributed by atoms with Crippen molar-refractivity contribution in [2.45, 2.75) is 26.8 Å². The van der Waals surface area contributed by atoms with Crippen molar-refractivity contribution in [3.63, 3.8) is 0 Å². The van der Waals surface area contributed by atoms with Crippen LogP contribution in [0.15, 0.2) is 12.1 Å². The van der Waals surface area contributed by atoms with E-state index in [0.29, 0.717) is 0 Å². The first-order valence-corrected chi connectivity index (χ1v) is 5.23. The van der Waals surface area contributed by atoms with Crippen LogP contribution < -0.4 is 11.1 Å². The van der Waals surface area contributed by atoms with Crippen molar-refractivity contribution in [1.82, 2.24) is 0 Å². The van der Waals surface area contributed by atoms with E-state index in [2.05, 4.69) is 19.2 Å². The molecule has 0 aromatic heterocycles. The van der Waals surface area contributed by atoms with E-state index in [9.17, 15) is 0 Å². The van der Waals surface area contributed by atoms with Crippen LogP contribution in [0.2, 0.25) is 5.02 Å². The molecule has 0 saturated carbocycles. The molecular weight excluding hydrogens is 196 g/mol. The fraction of sp³-hybridized carbons (Fsp3) is 0.455. The number of hydrogen-bond acceptors (Lipinski definition) is 2. The summed E-state index contributed by atoms with van der Waals surface area (Å²) in [5.41, 5.74) is 9.08. The predicted octanol–water partition coefficient (Wildman–Crippen LogP) is 3.10. The van der Waals surface area contributed by atoms with E-state index >= 15 is 0 Å². The average Bonchev–Trinajstić information content (AvgIpc) is 2.10. The van der Waals surface area contributed by atoms with Crippen LogP contribution in [0, 0.1) is 6.92 Å². The molecule has 1 atom stereocenters. The molecule has 0 spiro atoms. The summed E-state index contributed by atoms with van der Waals surface area (Å²) < 4.78 is 0. The summed E-state index contributed by atoms with van der Waals surface area (Å²) in [5, 5.41) is 4.00. The van der Waals surface area contributed by atoms with Gasteiger partial charge in [0.25, 0.3) is 0 Å². The van der Waals surface area contributed by atoms with Gasteiger partial charge >= 0.3 is 0 Å². The number of nitrogens with two attached hydrogens (primary N) is 1. The Morgan fingerprint density at radius 1 is 1.50 bits per heavy atom. The monoisotopic (exact) mass is 212 g/mol. The lowest BCUT2D eigenvalue weighted by Gasteiger charge is -2.13. The van der Waals surface area contributed by atoms with Gasteiger partial charge in [0.2, 0.25) is 0 Å². The average molecular weight is 213 g/mol. The van der Waals surface area contributed by atoms with Gasteiger partial charge in [-0.25, -0.2) is 0 Å². The maximum atomic E-state index is 6.11. The zero-order valence-electron chi connectivity index (χ0n) is 8.89. The normalized spacial score (nSPS) is 12.6. The summed E-state index contributed by atoms with van der Waals surface area (Å²) in [6.07, 6.45) is 0. The third-order valence-corrected chi connectivity index (χ3v) is 2.53. The quantitative estimate of drug-likeness (QED) is 0.808. The Balaban J connectivity index is 3.10. The van der Waals surface area contributed by atoms with Gasteiger partial charge in [0, 0.05) is 23.3 Å². The Hall–Kier alpha value is -0.730. The number of nitrogens with one attached hydrogen (secondary N) is 1. The maximum absolute atomic E-state index is 6.11. The summed E-state index contributed by atoms with van der Waals surface area (Å²) in [4.78, 5) is 0. The molecule has 2 nitrogen and oxygen atoms in total. The standard InChI is InChI=1S/C11H17ClN2/c1-4-14-11-6-10(12)9(8(3)13)5-7(11)2/h5-6,8,14H,4,13H2,1-3H3/t8-/m1/s1. The fourth-order valence-corrected chi connectivity index (χ4v) is 1.77. The van der Waals surface area contributed by atoms with Crippen LogP contribution in [-0.4, -0.2) is 6.54 Å². The number of hydrogen-bond donors (Lipinski definition) is 2. The number of anilines is 1. The van der Waals surface area contributed by atoms with Crippen molar-refractivity contribution in [3.8, 4) is 0 Å². The Morgan fingerprint density at radius 2 is 2.14 bits per heavy atom. The van der Waals surface area contributed by atoms with Crippen molar-refractivity contribution in [3.05, 3.63) is 28.3 Å². The molecule has 14 heavy (non-hydrogen) atoms. The molecule has 0 aliphatic carbocycles. The van der Waals surface area contributed by atoms with Gasteiger partial charge in [-0.2, -0.15) is 0 Å². The van der Waals surface area contributed by atoms with Crippen molar-refractivity contribution < 1.29 is 0 Å². The van der Waals surface area contributed by atoms with Gasteiger partial charge in [-0.3, -0.25) is 0 Å². The van der Waals surface area contributed by atoms with Crippen molar-refractivity contribution in [1.29, 1.82) is 0 Å². The molecule has 0 aliphatic heterocycles. The van der Waals surface area contributed by atoms with Crippen molar-refractivity contribution in [2.24, 2.45) is 5.73 Å². The second-order valence-electron chi connectivity index (χ2n) is 3.51. The fourth-order valence-electron chi connectivity index (χ4n) is 1.43. The Morgan fingerprint density at radius 3 is 2.64 bits per heavy atom. The molecule has 0 saturated heterocycles. The van der Waals surface area contributed by atoms with E-state index in [-0.39, 0.29) is 6.04 Å². The molecule has 78 valence electrons. The predicted molar refractivity (Wildman–Crippen MR) is 63.0 cm³/mol. The molecule has 3 heteroatoms. The zero-order chi connectivity index (χ0) is 10.7. The Bertz CT molecular complexity index is 321. The number of rotatable bonds is 3. The molecule has 0 radical (unpaired) electrons. The number of benzene rings is 1. The van der Waals surface area contributed by atoms with Gasteiger partial charge in [-0.15, -0.1) is 0 Å². The third-order valence-electron chi connectivity index (χ3n) is 2.20. The molecule has 0 fully saturated rings. The first kappa shape index (κ1) is 11.3. The lowest BCUT2D eigenvalue weighted by atomic mass is 10.0. The molecule has 0 amide bonds. The van der Waals surface area contributed by atoms with Gasteiger partial charge < -0.3 is 11.1 Å². The highest BCUT2D eigenvalue weighted by Gasteiger charge is 2.08. The summed E-state index contributed by atoms with van der Waals surface area (Å²) in [7, 11) is 0. The van der Waals surface area contributed by atoms with E-state index in [1.54, 1.807) is 0 Å². The third kappa shape index (κ3) is 2.40. The summed E-state index contributed by atoms with van der Waals surface area (Å²) in [6.45, 7) is 6.95. The van der Waals surface area contributed by atoms with Gasteiger partial charge in [0.05, 0.1) is 0 Å². The van der Waals surface area contributed by atoms with Crippen LogP contribution in [0.1, 0.15) is 31.0 Å². The van der Waals surface area contributed by atoms with E-state index in [4.69, 9.17) is 17.3 Å². The van der Waals surface area contributed by atoms with Crippen LogP contribution in [0.3, 0.4) is 0 Å². The zero-order valence-corrected chi connectivity index (χ0v) is 9.65. The molecule has 0 aliphatic rings. The van der Waals surface area contributed by atoms with E-state index in [1.165, 1.54) is 5.56 Å². The van der Waals surface area contributed by atoms with Crippen LogP contribution >= 0.6 is 11.6 Å². The molecule has 3 N–H and O–H groups in total. The van der Waals surface area contributed by atoms with Crippen LogP contribution in [0.4, 0.5) is 5.69 Å². The SMILES string of the molecule is CCNc1cc(Cl)c([C@@H](C)N)cc1C. The molecule has 1 aromatic carbocycles. The molecule has 1 aromatic rings. The van der Waals surface area contributed by atoms with Gasteiger partial charge in [-0.05, 0) is 38.0 Å². The van der Waals surface area contributed by atoms with Gasteiger partial charge in [0.15, 0.2) is 0 Å². The molecular formula is C11H17ClN2. The van der Waals surface area contributed by atoms with Gasteiger partial charge in [-0.1, -0.05) is 17.7 Å². The van der Waals surface area contributed by atoms with Crippen molar-refractivity contribution in [2.75, 3.05) is 11.9 Å². The Kier molecular flexibility index (Phi) is 3.78.